The second kappa shape index (κ2) is 8.57. The molecule has 0 unspecified atom stereocenters. The zero-order chi connectivity index (χ0) is 21.9. The highest BCUT2D eigenvalue weighted by molar-refractivity contribution is 8.00. The Morgan fingerprint density at radius 1 is 1.13 bits per heavy atom. The van der Waals surface area contributed by atoms with Gasteiger partial charge in [0.2, 0.25) is 5.88 Å². The highest BCUT2D eigenvalue weighted by atomic mass is 32.2. The Balaban J connectivity index is 2.02. The van der Waals surface area contributed by atoms with Gasteiger partial charge in [0.05, 0.1) is 10.6 Å². The number of nitrogens with zero attached hydrogens (tertiary/aromatic N) is 3. The normalized spacial score (nSPS) is 11.3. The first kappa shape index (κ1) is 21.4. The Morgan fingerprint density at radius 2 is 1.87 bits per heavy atom. The van der Waals surface area contributed by atoms with Gasteiger partial charge < -0.3 is 9.53 Å². The fourth-order valence-electron chi connectivity index (χ4n) is 2.58. The fraction of sp³-hybridized carbons (Fsp3) is 0.158. The summed E-state index contributed by atoms with van der Waals surface area (Å²) >= 11 is 1.24. The molecule has 3 rings (SSSR count). The molecule has 3 aromatic rings. The van der Waals surface area contributed by atoms with Crippen molar-refractivity contribution in [2.24, 2.45) is 7.05 Å². The number of halogens is 3. The Labute approximate surface area is 171 Å². The van der Waals surface area contributed by atoms with E-state index in [0.717, 1.165) is 13.3 Å². The molecule has 0 atom stereocenters. The van der Waals surface area contributed by atoms with E-state index in [2.05, 4.69) is 4.98 Å². The van der Waals surface area contributed by atoms with Gasteiger partial charge >= 0.3 is 11.9 Å². The van der Waals surface area contributed by atoms with Gasteiger partial charge in [-0.25, -0.2) is 9.36 Å². The largest absolute Gasteiger partial charge is 0.438 e. The summed E-state index contributed by atoms with van der Waals surface area (Å²) in [6, 6.07) is 11.4. The second-order valence-electron chi connectivity index (χ2n) is 5.90. The molecule has 0 radical (unpaired) electrons. The number of thioether (sulfide) groups is 1. The van der Waals surface area contributed by atoms with Gasteiger partial charge in [0.25, 0.3) is 5.56 Å². The number of hydrogen-bond acceptors (Lipinski definition) is 6. The Hall–Kier alpha value is -3.34. The second-order valence-corrected chi connectivity index (χ2v) is 6.96. The summed E-state index contributed by atoms with van der Waals surface area (Å²) in [6.07, 6.45) is -4.11. The van der Waals surface area contributed by atoms with E-state index in [1.165, 1.54) is 30.0 Å². The minimum absolute atomic E-state index is 0.0144. The van der Waals surface area contributed by atoms with Crippen LogP contribution in [0.3, 0.4) is 0 Å². The smallest absolute Gasteiger partial charge is 0.431 e. The maximum atomic E-state index is 13.0. The molecule has 0 spiro atoms. The highest BCUT2D eigenvalue weighted by Crippen LogP contribution is 2.32. The van der Waals surface area contributed by atoms with Gasteiger partial charge in [0, 0.05) is 19.2 Å². The summed E-state index contributed by atoms with van der Waals surface area (Å²) in [5.41, 5.74) is -3.72. The van der Waals surface area contributed by atoms with Crippen LogP contribution in [0.25, 0.3) is 5.82 Å². The molecule has 0 fully saturated rings. The van der Waals surface area contributed by atoms with Gasteiger partial charge in [-0.05, 0) is 18.2 Å². The first-order valence-electron chi connectivity index (χ1n) is 8.43. The molecule has 2 aromatic heterocycles. The lowest BCUT2D eigenvalue weighted by molar-refractivity contribution is -0.144. The number of carbonyl (C=O) groups excluding carboxylic acids is 1. The van der Waals surface area contributed by atoms with Crippen LogP contribution in [0, 0.1) is 0 Å². The van der Waals surface area contributed by atoms with Crippen molar-refractivity contribution in [1.82, 2.24) is 14.1 Å². The van der Waals surface area contributed by atoms with E-state index in [1.807, 2.05) is 0 Å². The molecule has 11 heteroatoms. The molecular weight excluding hydrogens is 423 g/mol. The first-order chi connectivity index (χ1) is 14.2. The molecule has 0 amide bonds. The van der Waals surface area contributed by atoms with Crippen LogP contribution in [0.2, 0.25) is 0 Å². The van der Waals surface area contributed by atoms with Crippen molar-refractivity contribution >= 4 is 18.0 Å². The predicted octanol–water partition coefficient (Wildman–Crippen LogP) is 3.03. The van der Waals surface area contributed by atoms with E-state index in [4.69, 9.17) is 4.74 Å². The number of alkyl halides is 3. The Kier molecular flexibility index (Phi) is 6.11. The van der Waals surface area contributed by atoms with Gasteiger partial charge in [-0.15, -0.1) is 11.8 Å². The lowest BCUT2D eigenvalue weighted by Crippen LogP contribution is -2.41. The van der Waals surface area contributed by atoms with Crippen molar-refractivity contribution < 1.29 is 22.7 Å². The number of carbonyl (C=O) groups is 1. The number of ether oxygens (including phenoxy) is 1. The summed E-state index contributed by atoms with van der Waals surface area (Å²) in [5.74, 6) is 0.428. The van der Waals surface area contributed by atoms with Crippen molar-refractivity contribution in [2.45, 2.75) is 11.1 Å². The molecule has 30 heavy (non-hydrogen) atoms. The predicted molar refractivity (Wildman–Crippen MR) is 103 cm³/mol. The van der Waals surface area contributed by atoms with E-state index >= 15 is 0 Å². The topological polar surface area (TPSA) is 83.2 Å². The average molecular weight is 437 g/mol. The summed E-state index contributed by atoms with van der Waals surface area (Å²) in [6.45, 7) is 0. The van der Waals surface area contributed by atoms with Gasteiger partial charge in [0.15, 0.2) is 0 Å². The third kappa shape index (κ3) is 4.46. The van der Waals surface area contributed by atoms with E-state index < -0.39 is 23.1 Å². The first-order valence-corrected chi connectivity index (χ1v) is 9.42. The summed E-state index contributed by atoms with van der Waals surface area (Å²) < 4.78 is 45.6. The van der Waals surface area contributed by atoms with Gasteiger partial charge in [-0.2, -0.15) is 18.2 Å². The number of para-hydroxylation sites is 1. The van der Waals surface area contributed by atoms with Crippen LogP contribution in [0.4, 0.5) is 13.2 Å². The number of aromatic nitrogens is 3. The molecule has 0 aliphatic rings. The van der Waals surface area contributed by atoms with E-state index in [9.17, 15) is 27.6 Å². The molecule has 2 heterocycles. The van der Waals surface area contributed by atoms with Crippen LogP contribution in [-0.2, 0) is 18.0 Å². The molecule has 1 aromatic carbocycles. The molecule has 0 bridgehead atoms. The van der Waals surface area contributed by atoms with Crippen LogP contribution in [0.1, 0.15) is 5.69 Å². The Bertz CT molecular complexity index is 1200. The van der Waals surface area contributed by atoms with Crippen molar-refractivity contribution in [3.05, 3.63) is 75.1 Å². The third-order valence-corrected chi connectivity index (χ3v) is 4.87. The fourth-order valence-corrected chi connectivity index (χ4v) is 3.26. The molecule has 156 valence electrons. The average Bonchev–Trinajstić information content (AvgIpc) is 2.70. The quantitative estimate of drug-likeness (QED) is 0.436. The van der Waals surface area contributed by atoms with E-state index in [0.29, 0.717) is 25.8 Å². The molecule has 0 saturated carbocycles. The summed E-state index contributed by atoms with van der Waals surface area (Å²) in [4.78, 5) is 40.0. The zero-order valence-electron chi connectivity index (χ0n) is 15.4. The number of aldehydes is 1. The summed E-state index contributed by atoms with van der Waals surface area (Å²) in [7, 11) is 0.919. The van der Waals surface area contributed by atoms with Crippen LogP contribution in [0.15, 0.2) is 63.0 Å². The molecule has 0 N–H and O–H groups in total. The minimum atomic E-state index is -4.85. The summed E-state index contributed by atoms with van der Waals surface area (Å²) in [5, 5.41) is 0. The number of pyridine rings is 1. The van der Waals surface area contributed by atoms with Crippen molar-refractivity contribution in [3.63, 3.8) is 0 Å². The minimum Gasteiger partial charge on any atom is -0.438 e. The van der Waals surface area contributed by atoms with Crippen LogP contribution < -0.4 is 16.0 Å². The maximum Gasteiger partial charge on any atom is 0.431 e. The molecular formula is C19H14F3N3O4S. The highest BCUT2D eigenvalue weighted by Gasteiger charge is 2.35. The van der Waals surface area contributed by atoms with Gasteiger partial charge in [-0.1, -0.05) is 18.2 Å². The standard InChI is InChI=1S/C19H14F3N3O4S/c1-24-14(19(20,21)22)11-17(27)25(18(24)28)15-7-4-8-16(23-15)29-12-5-2-3-6-13(12)30-10-9-26/h2-9,11H,10H2,1H3. The molecule has 7 nitrogen and oxygen atoms in total. The zero-order valence-corrected chi connectivity index (χ0v) is 16.2. The number of hydrogen-bond donors (Lipinski definition) is 0. The monoisotopic (exact) mass is 437 g/mol. The van der Waals surface area contributed by atoms with Crippen LogP contribution in [0.5, 0.6) is 11.6 Å². The SMILES string of the molecule is Cn1c(C(F)(F)F)cc(=O)n(-c2cccc(Oc3ccccc3SCC=O)n2)c1=O. The number of rotatable bonds is 6. The van der Waals surface area contributed by atoms with Crippen LogP contribution >= 0.6 is 11.8 Å². The van der Waals surface area contributed by atoms with Crippen molar-refractivity contribution in [2.75, 3.05) is 5.75 Å². The van der Waals surface area contributed by atoms with E-state index in [-0.39, 0.29) is 17.5 Å². The maximum absolute atomic E-state index is 13.0. The molecule has 0 saturated heterocycles. The van der Waals surface area contributed by atoms with Crippen molar-refractivity contribution in [1.29, 1.82) is 0 Å². The number of benzene rings is 1. The molecule has 0 aliphatic heterocycles. The van der Waals surface area contributed by atoms with Gasteiger partial charge in [-0.3, -0.25) is 9.36 Å². The molecule has 0 aliphatic carbocycles. The van der Waals surface area contributed by atoms with E-state index in [1.54, 1.807) is 24.3 Å². The van der Waals surface area contributed by atoms with Gasteiger partial charge in [0.1, 0.15) is 23.5 Å². The van der Waals surface area contributed by atoms with Crippen molar-refractivity contribution in [3.8, 4) is 17.4 Å². The van der Waals surface area contributed by atoms with Crippen LogP contribution in [-0.4, -0.2) is 26.2 Å². The lowest BCUT2D eigenvalue weighted by Gasteiger charge is -2.14. The third-order valence-electron chi connectivity index (χ3n) is 3.92. The Morgan fingerprint density at radius 3 is 2.57 bits per heavy atom. The lowest BCUT2D eigenvalue weighted by atomic mass is 10.3.